The predicted octanol–water partition coefficient (Wildman–Crippen LogP) is 1.66. The topological polar surface area (TPSA) is 87.5 Å². The summed E-state index contributed by atoms with van der Waals surface area (Å²) in [5.74, 6) is 0.370. The van der Waals surface area contributed by atoms with Gasteiger partial charge in [-0.15, -0.1) is 11.3 Å². The molecule has 1 atom stereocenters. The summed E-state index contributed by atoms with van der Waals surface area (Å²) in [6.07, 6.45) is 1.73. The van der Waals surface area contributed by atoms with Crippen molar-refractivity contribution in [3.63, 3.8) is 0 Å². The molecule has 2 amide bonds. The standard InChI is InChI=1S/C16H20N4O3S/c1-10-8-17-4-5-20(10)14(21)7-12-9-24-16(18-12)19-15(22)13-3-6-23-11(13)2/h3,6,9-10,17H,4-5,7-8H2,1-2H3,(H,18,19,22)/t10-/m0/s1. The molecular weight excluding hydrogens is 328 g/mol. The fourth-order valence-corrected chi connectivity index (χ4v) is 3.40. The molecule has 0 radical (unpaired) electrons. The molecule has 1 fully saturated rings. The first-order valence-electron chi connectivity index (χ1n) is 7.84. The third kappa shape index (κ3) is 3.65. The summed E-state index contributed by atoms with van der Waals surface area (Å²) in [6.45, 7) is 6.11. The van der Waals surface area contributed by atoms with Crippen LogP contribution in [0, 0.1) is 6.92 Å². The van der Waals surface area contributed by atoms with Gasteiger partial charge in [0.25, 0.3) is 5.91 Å². The van der Waals surface area contributed by atoms with Crippen molar-refractivity contribution in [3.8, 4) is 0 Å². The number of nitrogens with one attached hydrogen (secondary N) is 2. The zero-order valence-corrected chi connectivity index (χ0v) is 14.5. The van der Waals surface area contributed by atoms with E-state index in [1.54, 1.807) is 13.0 Å². The van der Waals surface area contributed by atoms with Gasteiger partial charge in [-0.1, -0.05) is 0 Å². The number of hydrogen-bond donors (Lipinski definition) is 2. The number of anilines is 1. The molecule has 8 heteroatoms. The van der Waals surface area contributed by atoms with Crippen molar-refractivity contribution in [1.82, 2.24) is 15.2 Å². The maximum atomic E-state index is 12.4. The smallest absolute Gasteiger partial charge is 0.260 e. The molecule has 1 aliphatic heterocycles. The lowest BCUT2D eigenvalue weighted by Gasteiger charge is -2.33. The van der Waals surface area contributed by atoms with Crippen LogP contribution in [0.3, 0.4) is 0 Å². The minimum absolute atomic E-state index is 0.0675. The van der Waals surface area contributed by atoms with Crippen LogP contribution in [0.4, 0.5) is 5.13 Å². The van der Waals surface area contributed by atoms with Crippen molar-refractivity contribution >= 4 is 28.3 Å². The Kier molecular flexibility index (Phi) is 4.96. The van der Waals surface area contributed by atoms with E-state index in [2.05, 4.69) is 15.6 Å². The van der Waals surface area contributed by atoms with E-state index in [-0.39, 0.29) is 24.3 Å². The van der Waals surface area contributed by atoms with Gasteiger partial charge in [0.15, 0.2) is 5.13 Å². The first-order valence-corrected chi connectivity index (χ1v) is 8.72. The van der Waals surface area contributed by atoms with Gasteiger partial charge in [0.2, 0.25) is 5.91 Å². The van der Waals surface area contributed by atoms with E-state index in [0.717, 1.165) is 13.1 Å². The molecule has 7 nitrogen and oxygen atoms in total. The predicted molar refractivity (Wildman–Crippen MR) is 91.3 cm³/mol. The molecule has 3 heterocycles. The number of carbonyl (C=O) groups is 2. The molecule has 0 spiro atoms. The third-order valence-electron chi connectivity index (χ3n) is 4.03. The summed E-state index contributed by atoms with van der Waals surface area (Å²) in [5.41, 5.74) is 1.16. The molecular formula is C16H20N4O3S. The molecule has 1 saturated heterocycles. The molecule has 0 aromatic carbocycles. The Morgan fingerprint density at radius 3 is 3.08 bits per heavy atom. The number of furan rings is 1. The Balaban J connectivity index is 1.60. The number of rotatable bonds is 4. The van der Waals surface area contributed by atoms with E-state index in [0.29, 0.717) is 28.7 Å². The SMILES string of the molecule is Cc1occc1C(=O)Nc1nc(CC(=O)N2CCNC[C@@H]2C)cs1. The monoisotopic (exact) mass is 348 g/mol. The largest absolute Gasteiger partial charge is 0.469 e. The van der Waals surface area contributed by atoms with Crippen LogP contribution >= 0.6 is 11.3 Å². The lowest BCUT2D eigenvalue weighted by Crippen LogP contribution is -2.52. The van der Waals surface area contributed by atoms with Crippen molar-refractivity contribution in [3.05, 3.63) is 34.7 Å². The Bertz CT molecular complexity index is 739. The first-order chi connectivity index (χ1) is 11.5. The van der Waals surface area contributed by atoms with E-state index < -0.39 is 0 Å². The molecule has 0 saturated carbocycles. The molecule has 24 heavy (non-hydrogen) atoms. The van der Waals surface area contributed by atoms with Crippen molar-refractivity contribution in [2.24, 2.45) is 0 Å². The number of thiazole rings is 1. The lowest BCUT2D eigenvalue weighted by atomic mass is 10.2. The highest BCUT2D eigenvalue weighted by atomic mass is 32.1. The summed E-state index contributed by atoms with van der Waals surface area (Å²) in [6, 6.07) is 1.81. The van der Waals surface area contributed by atoms with Crippen LogP contribution in [0.15, 0.2) is 22.1 Å². The van der Waals surface area contributed by atoms with Crippen LogP contribution in [0.2, 0.25) is 0 Å². The van der Waals surface area contributed by atoms with Crippen LogP contribution in [0.1, 0.15) is 28.7 Å². The molecule has 0 bridgehead atoms. The maximum absolute atomic E-state index is 12.4. The van der Waals surface area contributed by atoms with Gasteiger partial charge in [0.1, 0.15) is 5.76 Å². The molecule has 128 valence electrons. The van der Waals surface area contributed by atoms with Crippen LogP contribution in [0.25, 0.3) is 0 Å². The summed E-state index contributed by atoms with van der Waals surface area (Å²) < 4.78 is 5.13. The average molecular weight is 348 g/mol. The maximum Gasteiger partial charge on any atom is 0.260 e. The molecule has 0 unspecified atom stereocenters. The van der Waals surface area contributed by atoms with Gasteiger partial charge in [-0.25, -0.2) is 4.98 Å². The van der Waals surface area contributed by atoms with Gasteiger partial charge >= 0.3 is 0 Å². The van der Waals surface area contributed by atoms with Gasteiger partial charge in [-0.2, -0.15) is 0 Å². The van der Waals surface area contributed by atoms with Crippen molar-refractivity contribution in [1.29, 1.82) is 0 Å². The van der Waals surface area contributed by atoms with Crippen molar-refractivity contribution < 1.29 is 14.0 Å². The number of hydrogen-bond acceptors (Lipinski definition) is 6. The Morgan fingerprint density at radius 1 is 1.54 bits per heavy atom. The van der Waals surface area contributed by atoms with Gasteiger partial charge in [0.05, 0.1) is 23.9 Å². The summed E-state index contributed by atoms with van der Waals surface area (Å²) in [5, 5.41) is 8.30. The molecule has 2 aromatic heterocycles. The minimum atomic E-state index is -0.260. The minimum Gasteiger partial charge on any atom is -0.469 e. The highest BCUT2D eigenvalue weighted by Crippen LogP contribution is 2.19. The Hall–Kier alpha value is -2.19. The van der Waals surface area contributed by atoms with Crippen LogP contribution in [0.5, 0.6) is 0 Å². The van der Waals surface area contributed by atoms with Crippen molar-refractivity contribution in [2.45, 2.75) is 26.3 Å². The van der Waals surface area contributed by atoms with Crippen LogP contribution < -0.4 is 10.6 Å². The van der Waals surface area contributed by atoms with E-state index in [1.165, 1.54) is 17.6 Å². The number of carbonyl (C=O) groups excluding carboxylic acids is 2. The Labute approximate surface area is 144 Å². The zero-order chi connectivity index (χ0) is 17.1. The summed E-state index contributed by atoms with van der Waals surface area (Å²) >= 11 is 1.31. The van der Waals surface area contributed by atoms with E-state index in [4.69, 9.17) is 4.42 Å². The van der Waals surface area contributed by atoms with E-state index in [9.17, 15) is 9.59 Å². The quantitative estimate of drug-likeness (QED) is 0.877. The van der Waals surface area contributed by atoms with E-state index in [1.807, 2.05) is 17.2 Å². The average Bonchev–Trinajstić information content (AvgIpc) is 3.16. The fourth-order valence-electron chi connectivity index (χ4n) is 2.70. The summed E-state index contributed by atoms with van der Waals surface area (Å²) in [4.78, 5) is 30.8. The van der Waals surface area contributed by atoms with Gasteiger partial charge in [-0.3, -0.25) is 14.9 Å². The normalized spacial score (nSPS) is 17.8. The number of nitrogens with zero attached hydrogens (tertiary/aromatic N) is 2. The molecule has 2 N–H and O–H groups in total. The fraction of sp³-hybridized carbons (Fsp3) is 0.438. The highest BCUT2D eigenvalue weighted by molar-refractivity contribution is 7.14. The number of aryl methyl sites for hydroxylation is 1. The Morgan fingerprint density at radius 2 is 2.38 bits per heavy atom. The zero-order valence-electron chi connectivity index (χ0n) is 13.7. The molecule has 1 aliphatic rings. The summed E-state index contributed by atoms with van der Waals surface area (Å²) in [7, 11) is 0. The lowest BCUT2D eigenvalue weighted by molar-refractivity contribution is -0.133. The first kappa shape index (κ1) is 16.7. The molecule has 3 rings (SSSR count). The van der Waals surface area contributed by atoms with Gasteiger partial charge in [-0.05, 0) is 19.9 Å². The van der Waals surface area contributed by atoms with E-state index >= 15 is 0 Å². The van der Waals surface area contributed by atoms with Crippen molar-refractivity contribution in [2.75, 3.05) is 25.0 Å². The number of aromatic nitrogens is 1. The second-order valence-corrected chi connectivity index (χ2v) is 6.66. The second kappa shape index (κ2) is 7.14. The second-order valence-electron chi connectivity index (χ2n) is 5.81. The van der Waals surface area contributed by atoms with Crippen LogP contribution in [-0.4, -0.2) is 47.4 Å². The third-order valence-corrected chi connectivity index (χ3v) is 4.84. The number of amides is 2. The highest BCUT2D eigenvalue weighted by Gasteiger charge is 2.23. The van der Waals surface area contributed by atoms with Gasteiger partial charge in [0, 0.05) is 31.1 Å². The number of piperazine rings is 1. The molecule has 0 aliphatic carbocycles. The molecule has 2 aromatic rings. The van der Waals surface area contributed by atoms with Gasteiger partial charge < -0.3 is 14.6 Å². The van der Waals surface area contributed by atoms with Crippen LogP contribution in [-0.2, 0) is 11.2 Å².